The highest BCUT2D eigenvalue weighted by molar-refractivity contribution is 6.35. The van der Waals surface area contributed by atoms with E-state index in [0.717, 1.165) is 5.56 Å². The number of hydrogen-bond acceptors (Lipinski definition) is 4. The average Bonchev–Trinajstić information content (AvgIpc) is 2.70. The Bertz CT molecular complexity index is 1050. The lowest BCUT2D eigenvalue weighted by molar-refractivity contribution is 0.0955. The van der Waals surface area contributed by atoms with Gasteiger partial charge in [-0.05, 0) is 54.6 Å². The zero-order chi connectivity index (χ0) is 20.8. The number of hydrazone groups is 1. The molecule has 1 amide bonds. The number of amides is 1. The fraction of sp³-hybridized carbons (Fsp3) is 0.0476. The molecule has 0 saturated carbocycles. The molecule has 0 atom stereocenters. The van der Waals surface area contributed by atoms with Gasteiger partial charge in [-0.2, -0.15) is 5.10 Å². The van der Waals surface area contributed by atoms with E-state index in [9.17, 15) is 9.90 Å². The van der Waals surface area contributed by atoms with E-state index in [-0.39, 0.29) is 12.4 Å². The first-order chi connectivity index (χ1) is 13.9. The quantitative estimate of drug-likeness (QED) is 0.375. The molecule has 148 valence electrons. The fourth-order valence-electron chi connectivity index (χ4n) is 2.36. The van der Waals surface area contributed by atoms with Gasteiger partial charge in [0, 0.05) is 31.8 Å². The van der Waals surface area contributed by atoms with Gasteiger partial charge in [0.25, 0.3) is 5.91 Å². The standard InChI is InChI=1S/C21H15Cl3N2O3/c22-16-5-8-20(27)15(9-16)11-25-26-21(28)13-2-6-18(7-3-13)29-12-14-1-4-17(23)10-19(14)24/h1-11,27H,12H2,(H,26,28)/b25-11-. The van der Waals surface area contributed by atoms with Crippen LogP contribution in [0.5, 0.6) is 11.5 Å². The van der Waals surface area contributed by atoms with Crippen molar-refractivity contribution < 1.29 is 14.6 Å². The molecule has 0 aliphatic carbocycles. The van der Waals surface area contributed by atoms with Crippen molar-refractivity contribution in [3.63, 3.8) is 0 Å². The number of phenolic OH excluding ortho intramolecular Hbond substituents is 1. The number of nitrogens with one attached hydrogen (secondary N) is 1. The van der Waals surface area contributed by atoms with E-state index in [4.69, 9.17) is 39.5 Å². The molecule has 0 radical (unpaired) electrons. The predicted octanol–water partition coefficient (Wildman–Crippen LogP) is 5.70. The van der Waals surface area contributed by atoms with Gasteiger partial charge in [0.05, 0.1) is 6.21 Å². The molecule has 0 saturated heterocycles. The summed E-state index contributed by atoms with van der Waals surface area (Å²) in [6.07, 6.45) is 1.31. The van der Waals surface area contributed by atoms with Crippen LogP contribution in [0.25, 0.3) is 0 Å². The van der Waals surface area contributed by atoms with Gasteiger partial charge in [-0.15, -0.1) is 0 Å². The van der Waals surface area contributed by atoms with Gasteiger partial charge in [0.1, 0.15) is 18.1 Å². The number of rotatable bonds is 6. The third-order valence-electron chi connectivity index (χ3n) is 3.89. The van der Waals surface area contributed by atoms with E-state index in [1.807, 2.05) is 0 Å². The maximum Gasteiger partial charge on any atom is 0.271 e. The van der Waals surface area contributed by atoms with Crippen LogP contribution >= 0.6 is 34.8 Å². The van der Waals surface area contributed by atoms with Crippen LogP contribution in [-0.2, 0) is 6.61 Å². The van der Waals surface area contributed by atoms with E-state index in [2.05, 4.69) is 10.5 Å². The average molecular weight is 450 g/mol. The summed E-state index contributed by atoms with van der Waals surface area (Å²) < 4.78 is 5.68. The Morgan fingerprint density at radius 2 is 1.69 bits per heavy atom. The Balaban J connectivity index is 1.57. The lowest BCUT2D eigenvalue weighted by Gasteiger charge is -2.08. The molecule has 29 heavy (non-hydrogen) atoms. The SMILES string of the molecule is O=C(N/N=C\c1cc(Cl)ccc1O)c1ccc(OCc2ccc(Cl)cc2Cl)cc1. The molecule has 3 aromatic carbocycles. The monoisotopic (exact) mass is 448 g/mol. The maximum absolute atomic E-state index is 12.2. The molecule has 0 unspecified atom stereocenters. The van der Waals surface area contributed by atoms with E-state index in [1.54, 1.807) is 48.5 Å². The number of aromatic hydroxyl groups is 1. The van der Waals surface area contributed by atoms with E-state index >= 15 is 0 Å². The van der Waals surface area contributed by atoms with E-state index in [0.29, 0.717) is 31.9 Å². The molecular weight excluding hydrogens is 435 g/mol. The Kier molecular flexibility index (Phi) is 6.99. The third-order valence-corrected chi connectivity index (χ3v) is 4.71. The number of nitrogens with zero attached hydrogens (tertiary/aromatic N) is 1. The van der Waals surface area contributed by atoms with Crippen LogP contribution in [0.1, 0.15) is 21.5 Å². The summed E-state index contributed by atoms with van der Waals surface area (Å²) in [6.45, 7) is 0.273. The zero-order valence-corrected chi connectivity index (χ0v) is 17.2. The number of hydrogen-bond donors (Lipinski definition) is 2. The molecule has 0 spiro atoms. The van der Waals surface area contributed by atoms with E-state index < -0.39 is 5.91 Å². The second-order valence-corrected chi connectivity index (χ2v) is 7.23. The lowest BCUT2D eigenvalue weighted by atomic mass is 10.2. The molecule has 3 aromatic rings. The Hall–Kier alpha value is -2.73. The molecular formula is C21H15Cl3N2O3. The summed E-state index contributed by atoms with van der Waals surface area (Å²) >= 11 is 17.9. The minimum Gasteiger partial charge on any atom is -0.507 e. The summed E-state index contributed by atoms with van der Waals surface area (Å²) in [5, 5.41) is 15.1. The van der Waals surface area contributed by atoms with Crippen molar-refractivity contribution in [1.29, 1.82) is 0 Å². The topological polar surface area (TPSA) is 70.9 Å². The smallest absolute Gasteiger partial charge is 0.271 e. The predicted molar refractivity (Wildman–Crippen MR) is 115 cm³/mol. The Labute approximate surface area is 182 Å². The van der Waals surface area contributed by atoms with Gasteiger partial charge in [0.2, 0.25) is 0 Å². The molecule has 5 nitrogen and oxygen atoms in total. The Morgan fingerprint density at radius 3 is 2.41 bits per heavy atom. The highest BCUT2D eigenvalue weighted by Crippen LogP contribution is 2.23. The second kappa shape index (κ2) is 9.65. The van der Waals surface area contributed by atoms with Crippen molar-refractivity contribution in [3.05, 3.63) is 92.4 Å². The molecule has 2 N–H and O–H groups in total. The van der Waals surface area contributed by atoms with Crippen molar-refractivity contribution in [2.45, 2.75) is 6.61 Å². The van der Waals surface area contributed by atoms with Gasteiger partial charge >= 0.3 is 0 Å². The molecule has 0 aliphatic heterocycles. The number of phenols is 1. The van der Waals surface area contributed by atoms with Gasteiger partial charge < -0.3 is 9.84 Å². The second-order valence-electron chi connectivity index (χ2n) is 5.95. The fourth-order valence-corrected chi connectivity index (χ4v) is 3.00. The van der Waals surface area contributed by atoms with Gasteiger partial charge in [0.15, 0.2) is 0 Å². The minimum atomic E-state index is -0.407. The molecule has 3 rings (SSSR count). The van der Waals surface area contributed by atoms with Crippen LogP contribution < -0.4 is 10.2 Å². The summed E-state index contributed by atoms with van der Waals surface area (Å²) in [5.74, 6) is 0.185. The lowest BCUT2D eigenvalue weighted by Crippen LogP contribution is -2.17. The highest BCUT2D eigenvalue weighted by Gasteiger charge is 2.06. The highest BCUT2D eigenvalue weighted by atomic mass is 35.5. The zero-order valence-electron chi connectivity index (χ0n) is 14.9. The van der Waals surface area contributed by atoms with Crippen LogP contribution in [-0.4, -0.2) is 17.2 Å². The van der Waals surface area contributed by atoms with E-state index in [1.165, 1.54) is 18.3 Å². The van der Waals surface area contributed by atoms with Crippen LogP contribution in [0.2, 0.25) is 15.1 Å². The normalized spacial score (nSPS) is 10.9. The van der Waals surface area contributed by atoms with Crippen molar-refractivity contribution >= 4 is 46.9 Å². The number of carbonyl (C=O) groups is 1. The van der Waals surface area contributed by atoms with Gasteiger partial charge in [-0.1, -0.05) is 40.9 Å². The van der Waals surface area contributed by atoms with Crippen LogP contribution in [0, 0.1) is 0 Å². The Morgan fingerprint density at radius 1 is 1.00 bits per heavy atom. The minimum absolute atomic E-state index is 0.00897. The summed E-state index contributed by atoms with van der Waals surface area (Å²) in [4.78, 5) is 12.2. The summed E-state index contributed by atoms with van der Waals surface area (Å²) in [6, 6.07) is 16.3. The van der Waals surface area contributed by atoms with Crippen molar-refractivity contribution in [2.75, 3.05) is 0 Å². The van der Waals surface area contributed by atoms with Crippen molar-refractivity contribution in [2.24, 2.45) is 5.10 Å². The first kappa shape index (κ1) is 21.0. The first-order valence-electron chi connectivity index (χ1n) is 8.41. The van der Waals surface area contributed by atoms with Gasteiger partial charge in [-0.25, -0.2) is 5.43 Å². The van der Waals surface area contributed by atoms with Crippen LogP contribution in [0.3, 0.4) is 0 Å². The summed E-state index contributed by atoms with van der Waals surface area (Å²) in [5.41, 5.74) is 3.98. The third kappa shape index (κ3) is 5.87. The van der Waals surface area contributed by atoms with Crippen molar-refractivity contribution in [1.82, 2.24) is 5.43 Å². The number of benzene rings is 3. The molecule has 0 aromatic heterocycles. The molecule has 8 heteroatoms. The summed E-state index contributed by atoms with van der Waals surface area (Å²) in [7, 11) is 0. The number of ether oxygens (including phenoxy) is 1. The van der Waals surface area contributed by atoms with Crippen molar-refractivity contribution in [3.8, 4) is 11.5 Å². The van der Waals surface area contributed by atoms with Crippen LogP contribution in [0.15, 0.2) is 65.8 Å². The maximum atomic E-state index is 12.2. The first-order valence-corrected chi connectivity index (χ1v) is 9.54. The molecule has 0 bridgehead atoms. The molecule has 0 heterocycles. The van der Waals surface area contributed by atoms with Crippen LogP contribution in [0.4, 0.5) is 0 Å². The molecule has 0 aliphatic rings. The molecule has 0 fully saturated rings. The number of carbonyl (C=O) groups excluding carboxylic acids is 1. The number of halogens is 3. The van der Waals surface area contributed by atoms with Gasteiger partial charge in [-0.3, -0.25) is 4.79 Å². The largest absolute Gasteiger partial charge is 0.507 e.